The van der Waals surface area contributed by atoms with Gasteiger partial charge in [-0.3, -0.25) is 9.78 Å². The number of methoxy groups -OCH3 is 2. The molecule has 0 amide bonds. The van der Waals surface area contributed by atoms with Gasteiger partial charge in [0.2, 0.25) is 0 Å². The summed E-state index contributed by atoms with van der Waals surface area (Å²) in [7, 11) is 3.14. The lowest BCUT2D eigenvalue weighted by Gasteiger charge is -2.66. The van der Waals surface area contributed by atoms with Crippen molar-refractivity contribution in [1.82, 2.24) is 4.98 Å². The van der Waals surface area contributed by atoms with Crippen molar-refractivity contribution in [2.75, 3.05) is 14.2 Å². The van der Waals surface area contributed by atoms with Crippen LogP contribution in [0, 0.1) is 22.7 Å². The molecule has 19 nitrogen and oxygen atoms in total. The molecule has 4 aliphatic carbocycles. The number of esters is 1. The van der Waals surface area contributed by atoms with E-state index >= 15 is 0 Å². The molecule has 4 saturated heterocycles. The second kappa shape index (κ2) is 21.1. The van der Waals surface area contributed by atoms with Crippen molar-refractivity contribution in [2.24, 2.45) is 22.7 Å². The van der Waals surface area contributed by atoms with Gasteiger partial charge in [-0.05, 0) is 97.1 Å². The molecule has 9 rings (SSSR count). The molecule has 72 heavy (non-hydrogen) atoms. The van der Waals surface area contributed by atoms with E-state index in [0.717, 1.165) is 5.57 Å². The van der Waals surface area contributed by atoms with E-state index in [2.05, 4.69) is 18.0 Å². The van der Waals surface area contributed by atoms with Crippen molar-refractivity contribution >= 4 is 11.8 Å². The van der Waals surface area contributed by atoms with Crippen LogP contribution in [0.5, 0.6) is 0 Å². The van der Waals surface area contributed by atoms with Crippen molar-refractivity contribution in [3.63, 3.8) is 0 Å². The second-order valence-corrected chi connectivity index (χ2v) is 22.5. The minimum absolute atomic E-state index is 0.0845. The number of ketones is 1. The summed E-state index contributed by atoms with van der Waals surface area (Å²) >= 11 is 0. The van der Waals surface area contributed by atoms with Crippen molar-refractivity contribution < 1.29 is 87.2 Å². The number of aliphatic hydroxyl groups is 5. The molecule has 0 aromatic carbocycles. The molecule has 0 unspecified atom stereocenters. The normalized spacial score (nSPS) is 49.4. The number of carbonyl (C=O) groups excluding carboxylic acids is 2. The Morgan fingerprint density at radius 3 is 1.88 bits per heavy atom. The Bertz CT molecular complexity index is 2080. The fraction of sp³-hybridized carbons (Fsp3) is 0.830. The van der Waals surface area contributed by atoms with Crippen LogP contribution in [0.4, 0.5) is 0 Å². The van der Waals surface area contributed by atoms with Crippen LogP contribution in [-0.4, -0.2) is 178 Å². The van der Waals surface area contributed by atoms with E-state index in [-0.39, 0.29) is 49.6 Å². The van der Waals surface area contributed by atoms with Gasteiger partial charge in [-0.1, -0.05) is 25.5 Å². The number of rotatable bonds is 13. The van der Waals surface area contributed by atoms with Crippen molar-refractivity contribution in [2.45, 2.75) is 241 Å². The predicted molar refractivity (Wildman–Crippen MR) is 253 cm³/mol. The minimum Gasteiger partial charge on any atom is -0.458 e. The third kappa shape index (κ3) is 9.67. The number of hydrogen-bond acceptors (Lipinski definition) is 19. The molecule has 8 aliphatic rings. The highest BCUT2D eigenvalue weighted by Crippen LogP contribution is 2.70. The van der Waals surface area contributed by atoms with E-state index in [0.29, 0.717) is 38.5 Å². The zero-order valence-electron chi connectivity index (χ0n) is 43.2. The van der Waals surface area contributed by atoms with Crippen LogP contribution in [0.3, 0.4) is 0 Å². The standard InChI is InChI=1S/C53H79NO18/c1-26(55)34-14-17-53(61)51(34,7)40(69-49(59)31-11-10-18-54-25-31)24-39-50(6)15-13-33(19-32(50)12-16-52(39,53)60)68-43-23-38(63-9)48(30(5)67-43)72-42-21-36(57)46(28(3)66-42)70-41-20-35(56)47(29(4)65-41)71-44-22-37(62-8)45(58)27(2)64-44/h10-12,18,25,27-30,33-48,56-58,60-61H,13-17,19-24H2,1-9H3/t27-,28-,29-,30-,33+,34+,35+,36+,37-,38+,39-,40-,41+,42+,43+,44+,45-,46-,47-,48-,50+,51+,52+,53-/m1/s1. The molecular weight excluding hydrogens is 939 g/mol. The molecule has 7 fully saturated rings. The van der Waals surface area contributed by atoms with E-state index in [1.807, 2.05) is 13.8 Å². The lowest BCUT2D eigenvalue weighted by atomic mass is 9.43. The molecular formula is C53H79NO18. The molecule has 4 aliphatic heterocycles. The largest absolute Gasteiger partial charge is 0.458 e. The van der Waals surface area contributed by atoms with Crippen LogP contribution in [-0.2, 0) is 56.9 Å². The Hall–Kier alpha value is -2.57. The van der Waals surface area contributed by atoms with E-state index in [1.165, 1.54) is 20.2 Å². The van der Waals surface area contributed by atoms with Gasteiger partial charge < -0.3 is 77.6 Å². The van der Waals surface area contributed by atoms with Gasteiger partial charge in [0.25, 0.3) is 0 Å². The Kier molecular flexibility index (Phi) is 15.9. The van der Waals surface area contributed by atoms with E-state index in [9.17, 15) is 35.1 Å². The van der Waals surface area contributed by atoms with Gasteiger partial charge in [-0.25, -0.2) is 4.79 Å². The van der Waals surface area contributed by atoms with Crippen molar-refractivity contribution in [3.8, 4) is 0 Å². The summed E-state index contributed by atoms with van der Waals surface area (Å²) in [5.41, 5.74) is -3.68. The van der Waals surface area contributed by atoms with Crippen LogP contribution in [0.2, 0.25) is 0 Å². The zero-order valence-corrected chi connectivity index (χ0v) is 43.2. The first-order chi connectivity index (χ1) is 34.1. The van der Waals surface area contributed by atoms with E-state index < -0.39 is 144 Å². The Morgan fingerprint density at radius 1 is 0.722 bits per heavy atom. The molecule has 24 atom stereocenters. The summed E-state index contributed by atoms with van der Waals surface area (Å²) in [6.45, 7) is 12.7. The number of pyridine rings is 1. The summed E-state index contributed by atoms with van der Waals surface area (Å²) < 4.78 is 68.1. The van der Waals surface area contributed by atoms with Gasteiger partial charge in [0.15, 0.2) is 25.2 Å². The van der Waals surface area contributed by atoms with Crippen LogP contribution in [0.15, 0.2) is 36.2 Å². The smallest absolute Gasteiger partial charge is 0.339 e. The average Bonchev–Trinajstić information content (AvgIpc) is 3.64. The third-order valence-electron chi connectivity index (χ3n) is 18.5. The summed E-state index contributed by atoms with van der Waals surface area (Å²) in [6, 6.07) is 3.28. The summed E-state index contributed by atoms with van der Waals surface area (Å²) in [4.78, 5) is 30.9. The highest BCUT2D eigenvalue weighted by atomic mass is 16.8. The third-order valence-corrected chi connectivity index (χ3v) is 18.5. The molecule has 0 spiro atoms. The number of nitrogens with zero attached hydrogens (tertiary/aromatic N) is 1. The monoisotopic (exact) mass is 1020 g/mol. The molecule has 1 aromatic rings. The highest BCUT2D eigenvalue weighted by molar-refractivity contribution is 5.89. The van der Waals surface area contributed by atoms with Crippen LogP contribution in [0.1, 0.15) is 129 Å². The number of aromatic nitrogens is 1. The van der Waals surface area contributed by atoms with Crippen LogP contribution < -0.4 is 0 Å². The van der Waals surface area contributed by atoms with E-state index in [4.69, 9.17) is 52.1 Å². The molecule has 1 aromatic heterocycles. The zero-order chi connectivity index (χ0) is 51.7. The first-order valence-electron chi connectivity index (χ1n) is 26.2. The van der Waals surface area contributed by atoms with Crippen molar-refractivity contribution in [3.05, 3.63) is 41.7 Å². The number of hydrogen-bond donors (Lipinski definition) is 5. The maximum Gasteiger partial charge on any atom is 0.339 e. The van der Waals surface area contributed by atoms with E-state index in [1.54, 1.807) is 46.2 Å². The van der Waals surface area contributed by atoms with Gasteiger partial charge in [-0.2, -0.15) is 0 Å². The van der Waals surface area contributed by atoms with Crippen LogP contribution >= 0.6 is 0 Å². The Labute approximate surface area is 422 Å². The maximum absolute atomic E-state index is 13.6. The molecule has 19 heteroatoms. The molecule has 3 saturated carbocycles. The molecule has 404 valence electrons. The fourth-order valence-corrected chi connectivity index (χ4v) is 14.4. The number of aliphatic hydroxyl groups excluding tert-OH is 3. The quantitative estimate of drug-likeness (QED) is 0.139. The number of Topliss-reactive ketones (excluding diaryl/α,β-unsaturated/α-hetero) is 1. The average molecular weight is 1020 g/mol. The molecule has 5 heterocycles. The lowest BCUT2D eigenvalue weighted by molar-refractivity contribution is -0.345. The topological polar surface area (TPSA) is 250 Å². The first-order valence-corrected chi connectivity index (χ1v) is 26.2. The van der Waals surface area contributed by atoms with Gasteiger partial charge in [0.05, 0.1) is 60.5 Å². The lowest BCUT2D eigenvalue weighted by Crippen LogP contribution is -2.75. The Balaban J connectivity index is 0.791. The Morgan fingerprint density at radius 2 is 1.29 bits per heavy atom. The SMILES string of the molecule is CO[C@H]1C[C@H](O[C@H]2CC[C@@]3(C)C(=CC[C@]4(O)[C@@H]3C[C@@H](OC(=O)c3cccnc3)[C@]3(C)[C@H](C(C)=O)CC[C@@]34O)C2)O[C@H](C)[C@H]1O[C@H]1C[C@H](O)[C@H](O[C@H]2C[C@H](O)[C@H](O[C@H]3C[C@@H](OC)[C@H](O)[C@@H](C)O3)[C@@H](C)O2)[C@@H](C)O1. The molecule has 5 N–H and O–H groups in total. The summed E-state index contributed by atoms with van der Waals surface area (Å²) in [6.07, 6.45) is -3.11. The number of fused-ring (bicyclic) bond motifs is 5. The van der Waals surface area contributed by atoms with Gasteiger partial charge in [0, 0.05) is 69.5 Å². The summed E-state index contributed by atoms with van der Waals surface area (Å²) in [5.74, 6) is -1.77. The predicted octanol–water partition coefficient (Wildman–Crippen LogP) is 3.81. The van der Waals surface area contributed by atoms with Gasteiger partial charge in [0.1, 0.15) is 47.5 Å². The summed E-state index contributed by atoms with van der Waals surface area (Å²) in [5, 5.41) is 58.8. The number of ether oxygens (including phenoxy) is 11. The second-order valence-electron chi connectivity index (χ2n) is 22.5. The van der Waals surface area contributed by atoms with Gasteiger partial charge in [-0.15, -0.1) is 0 Å². The van der Waals surface area contributed by atoms with Gasteiger partial charge >= 0.3 is 5.97 Å². The fourth-order valence-electron chi connectivity index (χ4n) is 14.4. The number of carbonyl (C=O) groups is 2. The highest BCUT2D eigenvalue weighted by Gasteiger charge is 2.77. The van der Waals surface area contributed by atoms with Crippen molar-refractivity contribution in [1.29, 1.82) is 0 Å². The maximum atomic E-state index is 13.6. The molecule has 0 radical (unpaired) electrons. The minimum atomic E-state index is -1.70. The first kappa shape index (κ1) is 54.2. The molecule has 0 bridgehead atoms. The van der Waals surface area contributed by atoms with Crippen LogP contribution in [0.25, 0.3) is 0 Å².